The standard InChI is InChI=1S/C23H27N3O2S/c1-17-7-2-3-8-18(17)16-25-11-6-12-26(14-13-25)22(27)15-21-23(28)24-19-9-4-5-10-20(19)29-21/h2-5,7-10,21H,6,11-16H2,1H3,(H,24,28). The van der Waals surface area contributed by atoms with Crippen LogP contribution in [0.3, 0.4) is 0 Å². The van der Waals surface area contributed by atoms with Crippen LogP contribution in [-0.4, -0.2) is 53.0 Å². The van der Waals surface area contributed by atoms with Crippen LogP contribution >= 0.6 is 11.8 Å². The van der Waals surface area contributed by atoms with Gasteiger partial charge in [0.15, 0.2) is 0 Å². The van der Waals surface area contributed by atoms with E-state index in [4.69, 9.17) is 0 Å². The summed E-state index contributed by atoms with van der Waals surface area (Å²) in [4.78, 5) is 30.7. The molecule has 1 saturated heterocycles. The van der Waals surface area contributed by atoms with E-state index in [1.165, 1.54) is 22.9 Å². The summed E-state index contributed by atoms with van der Waals surface area (Å²) in [6, 6.07) is 16.2. The van der Waals surface area contributed by atoms with Crippen LogP contribution in [0.25, 0.3) is 0 Å². The lowest BCUT2D eigenvalue weighted by Gasteiger charge is -2.27. The minimum absolute atomic E-state index is 0.0712. The summed E-state index contributed by atoms with van der Waals surface area (Å²) in [6.45, 7) is 6.41. The molecule has 2 aromatic rings. The van der Waals surface area contributed by atoms with Gasteiger partial charge in [-0.3, -0.25) is 14.5 Å². The summed E-state index contributed by atoms with van der Waals surface area (Å²) in [7, 11) is 0. The second-order valence-electron chi connectivity index (χ2n) is 7.73. The molecule has 2 aromatic carbocycles. The van der Waals surface area contributed by atoms with E-state index < -0.39 is 0 Å². The zero-order chi connectivity index (χ0) is 20.2. The number of para-hydroxylation sites is 1. The van der Waals surface area contributed by atoms with Crippen LogP contribution in [0.4, 0.5) is 5.69 Å². The third kappa shape index (κ3) is 4.82. The zero-order valence-corrected chi connectivity index (χ0v) is 17.6. The van der Waals surface area contributed by atoms with Crippen molar-refractivity contribution in [1.82, 2.24) is 9.80 Å². The first-order valence-corrected chi connectivity index (χ1v) is 11.1. The van der Waals surface area contributed by atoms with E-state index in [1.807, 2.05) is 29.2 Å². The highest BCUT2D eigenvalue weighted by Crippen LogP contribution is 2.36. The summed E-state index contributed by atoms with van der Waals surface area (Å²) in [5, 5.41) is 2.57. The second kappa shape index (κ2) is 9.01. The minimum Gasteiger partial charge on any atom is -0.341 e. The molecule has 0 spiro atoms. The van der Waals surface area contributed by atoms with Crippen molar-refractivity contribution in [3.8, 4) is 0 Å². The maximum absolute atomic E-state index is 12.9. The van der Waals surface area contributed by atoms with E-state index in [-0.39, 0.29) is 23.5 Å². The summed E-state index contributed by atoms with van der Waals surface area (Å²) < 4.78 is 0. The molecule has 0 saturated carbocycles. The highest BCUT2D eigenvalue weighted by Gasteiger charge is 2.31. The van der Waals surface area contributed by atoms with E-state index in [1.54, 1.807) is 0 Å². The molecule has 0 aliphatic carbocycles. The van der Waals surface area contributed by atoms with Gasteiger partial charge in [0, 0.05) is 44.0 Å². The van der Waals surface area contributed by atoms with Gasteiger partial charge in [-0.15, -0.1) is 11.8 Å². The van der Waals surface area contributed by atoms with Crippen molar-refractivity contribution >= 4 is 29.3 Å². The van der Waals surface area contributed by atoms with Gasteiger partial charge in [0.25, 0.3) is 0 Å². The first-order chi connectivity index (χ1) is 14.1. The van der Waals surface area contributed by atoms with Gasteiger partial charge in [-0.1, -0.05) is 36.4 Å². The summed E-state index contributed by atoms with van der Waals surface area (Å²) in [5.74, 6) is 0.00724. The Morgan fingerprint density at radius 3 is 2.72 bits per heavy atom. The minimum atomic E-state index is -0.358. The lowest BCUT2D eigenvalue weighted by atomic mass is 10.1. The lowest BCUT2D eigenvalue weighted by molar-refractivity contribution is -0.132. The number of nitrogens with one attached hydrogen (secondary N) is 1. The highest BCUT2D eigenvalue weighted by atomic mass is 32.2. The molecule has 152 valence electrons. The SMILES string of the molecule is Cc1ccccc1CN1CCCN(C(=O)CC2Sc3ccccc3NC2=O)CC1. The van der Waals surface area contributed by atoms with Crippen LogP contribution in [0.2, 0.25) is 0 Å². The quantitative estimate of drug-likeness (QED) is 0.839. The van der Waals surface area contributed by atoms with Gasteiger partial charge in [0.1, 0.15) is 0 Å². The third-order valence-corrected chi connectivity index (χ3v) is 6.94. The monoisotopic (exact) mass is 409 g/mol. The van der Waals surface area contributed by atoms with Gasteiger partial charge in [-0.25, -0.2) is 0 Å². The fourth-order valence-corrected chi connectivity index (χ4v) is 5.02. The van der Waals surface area contributed by atoms with Gasteiger partial charge in [-0.2, -0.15) is 0 Å². The van der Waals surface area contributed by atoms with Gasteiger partial charge in [0.05, 0.1) is 10.9 Å². The molecule has 29 heavy (non-hydrogen) atoms. The van der Waals surface area contributed by atoms with Crippen molar-refractivity contribution < 1.29 is 9.59 Å². The Labute approximate surface area is 176 Å². The van der Waals surface area contributed by atoms with Crippen molar-refractivity contribution in [3.05, 3.63) is 59.7 Å². The molecule has 1 fully saturated rings. The number of thioether (sulfide) groups is 1. The Morgan fingerprint density at radius 1 is 1.07 bits per heavy atom. The van der Waals surface area contributed by atoms with Crippen LogP contribution in [0.15, 0.2) is 53.4 Å². The summed E-state index contributed by atoms with van der Waals surface area (Å²) in [5.41, 5.74) is 3.50. The van der Waals surface area contributed by atoms with Crippen LogP contribution in [0, 0.1) is 6.92 Å². The fourth-order valence-electron chi connectivity index (χ4n) is 3.92. The molecule has 0 aromatic heterocycles. The molecule has 2 aliphatic heterocycles. The normalized spacial score (nSPS) is 20.0. The molecule has 4 rings (SSSR count). The fraction of sp³-hybridized carbons (Fsp3) is 0.391. The van der Waals surface area contributed by atoms with E-state index in [0.29, 0.717) is 0 Å². The Kier molecular flexibility index (Phi) is 6.21. The molecule has 0 bridgehead atoms. The maximum atomic E-state index is 12.9. The number of hydrogen-bond donors (Lipinski definition) is 1. The number of carbonyl (C=O) groups is 2. The first kappa shape index (κ1) is 20.0. The molecule has 2 heterocycles. The average Bonchev–Trinajstić information content (AvgIpc) is 2.96. The Bertz CT molecular complexity index is 901. The molecule has 0 radical (unpaired) electrons. The second-order valence-corrected chi connectivity index (χ2v) is 8.98. The Hall–Kier alpha value is -2.31. The van der Waals surface area contributed by atoms with E-state index >= 15 is 0 Å². The summed E-state index contributed by atoms with van der Waals surface area (Å²) >= 11 is 1.50. The highest BCUT2D eigenvalue weighted by molar-refractivity contribution is 8.01. The van der Waals surface area contributed by atoms with Gasteiger partial charge >= 0.3 is 0 Å². The molecular weight excluding hydrogens is 382 g/mol. The van der Waals surface area contributed by atoms with Gasteiger partial charge in [-0.05, 0) is 36.6 Å². The molecular formula is C23H27N3O2S. The van der Waals surface area contributed by atoms with Crippen molar-refractivity contribution in [2.75, 3.05) is 31.5 Å². The van der Waals surface area contributed by atoms with Gasteiger partial charge < -0.3 is 10.2 Å². The largest absolute Gasteiger partial charge is 0.341 e. The number of fused-ring (bicyclic) bond motifs is 1. The van der Waals surface area contributed by atoms with Crippen molar-refractivity contribution in [2.45, 2.75) is 36.5 Å². The predicted octanol–water partition coefficient (Wildman–Crippen LogP) is 3.53. The molecule has 5 nitrogen and oxygen atoms in total. The van der Waals surface area contributed by atoms with Crippen LogP contribution in [0.1, 0.15) is 24.0 Å². The number of benzene rings is 2. The van der Waals surface area contributed by atoms with Crippen molar-refractivity contribution in [3.63, 3.8) is 0 Å². The first-order valence-electron chi connectivity index (χ1n) is 10.2. The smallest absolute Gasteiger partial charge is 0.238 e. The van der Waals surface area contributed by atoms with E-state index in [9.17, 15) is 9.59 Å². The average molecular weight is 410 g/mol. The van der Waals surface area contributed by atoms with Gasteiger partial charge in [0.2, 0.25) is 11.8 Å². The Balaban J connectivity index is 1.33. The summed E-state index contributed by atoms with van der Waals surface area (Å²) in [6.07, 6.45) is 1.22. The number of rotatable bonds is 4. The molecule has 1 N–H and O–H groups in total. The molecule has 2 aliphatic rings. The third-order valence-electron chi connectivity index (χ3n) is 5.66. The number of nitrogens with zero attached hydrogens (tertiary/aromatic N) is 2. The molecule has 6 heteroatoms. The lowest BCUT2D eigenvalue weighted by Crippen LogP contribution is -2.39. The Morgan fingerprint density at radius 2 is 1.86 bits per heavy atom. The van der Waals surface area contributed by atoms with Crippen molar-refractivity contribution in [2.24, 2.45) is 0 Å². The molecule has 2 amide bonds. The predicted molar refractivity (Wildman–Crippen MR) is 117 cm³/mol. The van der Waals surface area contributed by atoms with Crippen molar-refractivity contribution in [1.29, 1.82) is 0 Å². The number of anilines is 1. The zero-order valence-electron chi connectivity index (χ0n) is 16.8. The number of aryl methyl sites for hydroxylation is 1. The maximum Gasteiger partial charge on any atom is 0.238 e. The molecule has 1 unspecified atom stereocenters. The van der Waals surface area contributed by atoms with Crippen LogP contribution < -0.4 is 5.32 Å². The van der Waals surface area contributed by atoms with Crippen LogP contribution in [-0.2, 0) is 16.1 Å². The van der Waals surface area contributed by atoms with Crippen LogP contribution in [0.5, 0.6) is 0 Å². The van der Waals surface area contributed by atoms with E-state index in [2.05, 4.69) is 41.4 Å². The number of hydrogen-bond acceptors (Lipinski definition) is 4. The molecule has 1 atom stereocenters. The van der Waals surface area contributed by atoms with E-state index in [0.717, 1.165) is 49.7 Å². The number of carbonyl (C=O) groups excluding carboxylic acids is 2. The topological polar surface area (TPSA) is 52.6 Å². The number of amides is 2.